The monoisotopic (exact) mass is 513 g/mol. The Balaban J connectivity index is 1.57. The van der Waals surface area contributed by atoms with E-state index in [0.717, 1.165) is 11.5 Å². The Hall–Kier alpha value is -4.90. The first-order valence-electron chi connectivity index (χ1n) is 11.2. The number of carbonyl (C=O) groups is 1. The van der Waals surface area contributed by atoms with Gasteiger partial charge in [-0.05, 0) is 48.1 Å². The molecule has 1 aromatic heterocycles. The van der Waals surface area contributed by atoms with Crippen LogP contribution >= 0.6 is 11.5 Å². The largest absolute Gasteiger partial charge is 0.505 e. The number of phenolic OH excluding ortho intramolecular Hbond substituents is 1. The number of ether oxygens (including phenoxy) is 1. The van der Waals surface area contributed by atoms with Gasteiger partial charge in [0.05, 0.1) is 28.3 Å². The number of azo groups is 1. The quantitative estimate of drug-likeness (QED) is 0.135. The molecule has 5 aromatic rings. The van der Waals surface area contributed by atoms with Gasteiger partial charge < -0.3 is 15.2 Å². The summed E-state index contributed by atoms with van der Waals surface area (Å²) in [5, 5.41) is 35.7. The van der Waals surface area contributed by atoms with Crippen molar-refractivity contribution in [3.05, 3.63) is 88.5 Å². The summed E-state index contributed by atoms with van der Waals surface area (Å²) in [4.78, 5) is 23.9. The predicted molar refractivity (Wildman–Crippen MR) is 142 cm³/mol. The van der Waals surface area contributed by atoms with E-state index >= 15 is 0 Å². The van der Waals surface area contributed by atoms with Crippen molar-refractivity contribution in [3.8, 4) is 11.5 Å². The second-order valence-corrected chi connectivity index (χ2v) is 8.62. The minimum Gasteiger partial charge on any atom is -0.505 e. The molecule has 11 heteroatoms. The molecule has 10 nitrogen and oxygen atoms in total. The van der Waals surface area contributed by atoms with E-state index in [1.54, 1.807) is 54.6 Å². The lowest BCUT2D eigenvalue weighted by Gasteiger charge is -2.13. The van der Waals surface area contributed by atoms with E-state index in [1.807, 2.05) is 13.0 Å². The number of amides is 1. The number of rotatable bonds is 7. The fourth-order valence-corrected chi connectivity index (χ4v) is 4.51. The van der Waals surface area contributed by atoms with Crippen LogP contribution in [0.3, 0.4) is 0 Å². The Morgan fingerprint density at radius 1 is 1.08 bits per heavy atom. The third-order valence-electron chi connectivity index (χ3n) is 5.57. The molecule has 0 aliphatic carbocycles. The number of nitro groups is 1. The summed E-state index contributed by atoms with van der Waals surface area (Å²) in [6.45, 7) is 2.27. The highest BCUT2D eigenvalue weighted by Gasteiger charge is 2.20. The van der Waals surface area contributed by atoms with Gasteiger partial charge in [0.1, 0.15) is 11.4 Å². The first-order chi connectivity index (χ1) is 18.0. The second-order valence-electron chi connectivity index (χ2n) is 7.87. The molecule has 0 aliphatic rings. The minimum atomic E-state index is -0.550. The zero-order valence-corrected chi connectivity index (χ0v) is 20.2. The summed E-state index contributed by atoms with van der Waals surface area (Å²) in [5.74, 6) is -0.399. The summed E-state index contributed by atoms with van der Waals surface area (Å²) >= 11 is 1.02. The highest BCUT2D eigenvalue weighted by atomic mass is 32.1. The fourth-order valence-electron chi connectivity index (χ4n) is 3.83. The molecule has 0 unspecified atom stereocenters. The SMILES string of the molecule is CCOc1ccccc1NC(=O)c1cc2ccccc2c(N=Nc2snc3ccc([N+](=O)[O-])cc23)c1O. The highest BCUT2D eigenvalue weighted by molar-refractivity contribution is 7.11. The van der Waals surface area contributed by atoms with Crippen LogP contribution in [0.4, 0.5) is 22.1 Å². The number of carbonyl (C=O) groups excluding carboxylic acids is 1. The number of aromatic nitrogens is 1. The van der Waals surface area contributed by atoms with Crippen molar-refractivity contribution < 1.29 is 19.6 Å². The first-order valence-corrected chi connectivity index (χ1v) is 12.0. The zero-order valence-electron chi connectivity index (χ0n) is 19.4. The normalized spacial score (nSPS) is 11.3. The van der Waals surface area contributed by atoms with Crippen molar-refractivity contribution in [3.63, 3.8) is 0 Å². The van der Waals surface area contributed by atoms with E-state index in [0.29, 0.717) is 44.7 Å². The summed E-state index contributed by atoms with van der Waals surface area (Å²) in [5.41, 5.74) is 1.00. The molecule has 1 heterocycles. The van der Waals surface area contributed by atoms with Crippen LogP contribution in [0.2, 0.25) is 0 Å². The molecule has 0 aliphatic heterocycles. The van der Waals surface area contributed by atoms with E-state index in [-0.39, 0.29) is 22.7 Å². The molecule has 5 rings (SSSR count). The molecule has 37 heavy (non-hydrogen) atoms. The summed E-state index contributed by atoms with van der Waals surface area (Å²) in [6, 6.07) is 20.0. The van der Waals surface area contributed by atoms with Crippen LogP contribution in [0, 0.1) is 10.1 Å². The lowest BCUT2D eigenvalue weighted by Crippen LogP contribution is -2.13. The lowest BCUT2D eigenvalue weighted by molar-refractivity contribution is -0.384. The van der Waals surface area contributed by atoms with E-state index in [4.69, 9.17) is 4.74 Å². The maximum Gasteiger partial charge on any atom is 0.270 e. The molecular weight excluding hydrogens is 494 g/mol. The Morgan fingerprint density at radius 3 is 2.68 bits per heavy atom. The van der Waals surface area contributed by atoms with Gasteiger partial charge in [-0.15, -0.1) is 10.2 Å². The topological polar surface area (TPSA) is 139 Å². The smallest absolute Gasteiger partial charge is 0.270 e. The number of aromatic hydroxyl groups is 1. The van der Waals surface area contributed by atoms with Crippen LogP contribution in [0.15, 0.2) is 83.0 Å². The Labute approximate surface area is 214 Å². The van der Waals surface area contributed by atoms with E-state index in [9.17, 15) is 20.0 Å². The zero-order chi connectivity index (χ0) is 25.9. The van der Waals surface area contributed by atoms with Crippen molar-refractivity contribution in [2.45, 2.75) is 6.92 Å². The van der Waals surface area contributed by atoms with Gasteiger partial charge in [-0.2, -0.15) is 4.37 Å². The van der Waals surface area contributed by atoms with Gasteiger partial charge in [-0.1, -0.05) is 36.4 Å². The number of benzene rings is 4. The third kappa shape index (κ3) is 4.67. The van der Waals surface area contributed by atoms with Gasteiger partial charge in [-0.3, -0.25) is 14.9 Å². The van der Waals surface area contributed by atoms with Crippen molar-refractivity contribution in [1.29, 1.82) is 0 Å². The average molecular weight is 514 g/mol. The van der Waals surface area contributed by atoms with Gasteiger partial charge in [0.2, 0.25) is 0 Å². The number of nitrogens with zero attached hydrogens (tertiary/aromatic N) is 4. The van der Waals surface area contributed by atoms with Gasteiger partial charge in [-0.25, -0.2) is 0 Å². The molecule has 1 amide bonds. The highest BCUT2D eigenvalue weighted by Crippen LogP contribution is 2.41. The number of anilines is 1. The van der Waals surface area contributed by atoms with Gasteiger partial charge >= 0.3 is 0 Å². The number of hydrogen-bond donors (Lipinski definition) is 2. The molecule has 0 radical (unpaired) electrons. The molecule has 0 saturated carbocycles. The van der Waals surface area contributed by atoms with Crippen LogP contribution < -0.4 is 10.1 Å². The van der Waals surface area contributed by atoms with Crippen LogP contribution in [0.5, 0.6) is 11.5 Å². The summed E-state index contributed by atoms with van der Waals surface area (Å²) in [6.07, 6.45) is 0. The maximum absolute atomic E-state index is 13.2. The first kappa shape index (κ1) is 23.8. The number of para-hydroxylation sites is 2. The number of nitrogens with one attached hydrogen (secondary N) is 1. The minimum absolute atomic E-state index is 0.00347. The summed E-state index contributed by atoms with van der Waals surface area (Å²) in [7, 11) is 0. The van der Waals surface area contributed by atoms with E-state index in [1.165, 1.54) is 12.1 Å². The number of hydrogen-bond acceptors (Lipinski definition) is 9. The standard InChI is InChI=1S/C26H19N5O5S/c1-2-36-22-10-6-5-9-21(22)27-25(33)19-13-15-7-3-4-8-17(15)23(24(19)32)28-29-26-18-14-16(31(34)35)11-12-20(18)30-37-26/h3-14,32H,2H2,1H3,(H,27,33). The molecule has 184 valence electrons. The van der Waals surface area contributed by atoms with Crippen LogP contribution in [-0.2, 0) is 0 Å². The molecule has 4 aromatic carbocycles. The van der Waals surface area contributed by atoms with Crippen LogP contribution in [0.25, 0.3) is 21.7 Å². The molecule has 0 saturated heterocycles. The second kappa shape index (κ2) is 9.99. The molecule has 0 atom stereocenters. The number of non-ortho nitro benzene ring substituents is 1. The molecule has 0 bridgehead atoms. The molecule has 2 N–H and O–H groups in total. The van der Waals surface area contributed by atoms with Crippen LogP contribution in [0.1, 0.15) is 17.3 Å². The number of phenols is 1. The molecule has 0 spiro atoms. The Morgan fingerprint density at radius 2 is 1.86 bits per heavy atom. The van der Waals surface area contributed by atoms with Gasteiger partial charge in [0.15, 0.2) is 10.8 Å². The Bertz CT molecular complexity index is 1700. The lowest BCUT2D eigenvalue weighted by atomic mass is 10.0. The fraction of sp³-hybridized carbons (Fsp3) is 0.0769. The van der Waals surface area contributed by atoms with Gasteiger partial charge in [0, 0.05) is 22.9 Å². The maximum atomic E-state index is 13.2. The predicted octanol–water partition coefficient (Wildman–Crippen LogP) is 7.13. The van der Waals surface area contributed by atoms with Crippen molar-refractivity contribution in [2.24, 2.45) is 10.2 Å². The van der Waals surface area contributed by atoms with E-state index in [2.05, 4.69) is 19.9 Å². The van der Waals surface area contributed by atoms with Crippen molar-refractivity contribution >= 4 is 61.2 Å². The van der Waals surface area contributed by atoms with Crippen LogP contribution in [-0.4, -0.2) is 26.9 Å². The number of nitro benzene ring substituents is 1. The molecular formula is C26H19N5O5S. The average Bonchev–Trinajstić information content (AvgIpc) is 3.31. The number of fused-ring (bicyclic) bond motifs is 2. The van der Waals surface area contributed by atoms with Gasteiger partial charge in [0.25, 0.3) is 11.6 Å². The van der Waals surface area contributed by atoms with Crippen molar-refractivity contribution in [2.75, 3.05) is 11.9 Å². The third-order valence-corrected chi connectivity index (χ3v) is 6.33. The molecule has 0 fully saturated rings. The van der Waals surface area contributed by atoms with E-state index < -0.39 is 10.8 Å². The summed E-state index contributed by atoms with van der Waals surface area (Å²) < 4.78 is 9.84. The Kier molecular flexibility index (Phi) is 6.43. The van der Waals surface area contributed by atoms with Crippen molar-refractivity contribution in [1.82, 2.24) is 4.37 Å².